The van der Waals surface area contributed by atoms with E-state index in [1.54, 1.807) is 6.92 Å². The smallest absolute Gasteiger partial charge is 0.416 e. The molecular weight excluding hydrogens is 340 g/mol. The van der Waals surface area contributed by atoms with Gasteiger partial charge in [-0.05, 0) is 32.4 Å². The minimum absolute atomic E-state index is 0.0155. The van der Waals surface area contributed by atoms with Crippen molar-refractivity contribution in [3.05, 3.63) is 40.7 Å². The molecule has 9 heteroatoms. The molecule has 2 amide bonds. The van der Waals surface area contributed by atoms with Crippen molar-refractivity contribution in [3.8, 4) is 5.69 Å². The SMILES string of the molecule is Cc1ccc(-n2nc(C)c(C(=O)OCC(=O)N3CCOC3=O)n2)c(C)c1. The van der Waals surface area contributed by atoms with Gasteiger partial charge in [0.2, 0.25) is 0 Å². The highest BCUT2D eigenvalue weighted by Crippen LogP contribution is 2.15. The van der Waals surface area contributed by atoms with Gasteiger partial charge in [-0.15, -0.1) is 5.10 Å². The van der Waals surface area contributed by atoms with E-state index in [0.29, 0.717) is 5.69 Å². The molecule has 1 saturated heterocycles. The summed E-state index contributed by atoms with van der Waals surface area (Å²) in [7, 11) is 0. The maximum atomic E-state index is 12.2. The molecule has 1 aromatic carbocycles. The van der Waals surface area contributed by atoms with Crippen LogP contribution >= 0.6 is 0 Å². The van der Waals surface area contributed by atoms with Crippen LogP contribution in [0.25, 0.3) is 5.69 Å². The molecule has 0 spiro atoms. The summed E-state index contributed by atoms with van der Waals surface area (Å²) in [6.45, 7) is 5.26. The third kappa shape index (κ3) is 3.41. The topological polar surface area (TPSA) is 104 Å². The summed E-state index contributed by atoms with van der Waals surface area (Å²) in [5.41, 5.74) is 3.20. The van der Waals surface area contributed by atoms with Crippen LogP contribution in [0.3, 0.4) is 0 Å². The number of ether oxygens (including phenoxy) is 2. The summed E-state index contributed by atoms with van der Waals surface area (Å²) in [5, 5.41) is 8.42. The molecule has 0 bridgehead atoms. The Bertz CT molecular complexity index is 889. The first-order chi connectivity index (χ1) is 12.4. The Morgan fingerprint density at radius 1 is 1.23 bits per heavy atom. The van der Waals surface area contributed by atoms with Crippen LogP contribution in [-0.2, 0) is 14.3 Å². The number of rotatable bonds is 4. The number of aryl methyl sites for hydroxylation is 3. The van der Waals surface area contributed by atoms with Crippen molar-refractivity contribution in [2.45, 2.75) is 20.8 Å². The molecule has 2 aromatic rings. The second kappa shape index (κ2) is 6.95. The Labute approximate surface area is 149 Å². The Balaban J connectivity index is 1.71. The molecule has 0 N–H and O–H groups in total. The molecule has 2 heterocycles. The lowest BCUT2D eigenvalue weighted by Crippen LogP contribution is -2.35. The van der Waals surface area contributed by atoms with Crippen LogP contribution < -0.4 is 0 Å². The summed E-state index contributed by atoms with van der Waals surface area (Å²) >= 11 is 0. The quantitative estimate of drug-likeness (QED) is 0.759. The molecule has 1 aromatic heterocycles. The Kier molecular flexibility index (Phi) is 4.70. The number of esters is 1. The van der Waals surface area contributed by atoms with E-state index in [9.17, 15) is 14.4 Å². The predicted octanol–water partition coefficient (Wildman–Crippen LogP) is 1.33. The van der Waals surface area contributed by atoms with Crippen LogP contribution in [0.5, 0.6) is 0 Å². The molecule has 0 aliphatic carbocycles. The van der Waals surface area contributed by atoms with Crippen molar-refractivity contribution in [1.82, 2.24) is 19.9 Å². The fraction of sp³-hybridized carbons (Fsp3) is 0.353. The van der Waals surface area contributed by atoms with Gasteiger partial charge in [0, 0.05) is 0 Å². The van der Waals surface area contributed by atoms with Gasteiger partial charge in [0.1, 0.15) is 6.61 Å². The maximum absolute atomic E-state index is 12.2. The van der Waals surface area contributed by atoms with Gasteiger partial charge in [0.15, 0.2) is 12.3 Å². The third-order valence-corrected chi connectivity index (χ3v) is 3.93. The van der Waals surface area contributed by atoms with E-state index < -0.39 is 24.6 Å². The van der Waals surface area contributed by atoms with Crippen LogP contribution in [0.2, 0.25) is 0 Å². The number of carbonyl (C=O) groups is 3. The summed E-state index contributed by atoms with van der Waals surface area (Å²) in [6.07, 6.45) is -0.733. The van der Waals surface area contributed by atoms with Gasteiger partial charge < -0.3 is 9.47 Å². The fourth-order valence-corrected chi connectivity index (χ4v) is 2.60. The van der Waals surface area contributed by atoms with Gasteiger partial charge in [0.25, 0.3) is 5.91 Å². The molecule has 9 nitrogen and oxygen atoms in total. The minimum atomic E-state index is -0.778. The van der Waals surface area contributed by atoms with Gasteiger partial charge in [-0.3, -0.25) is 4.79 Å². The van der Waals surface area contributed by atoms with Gasteiger partial charge in [-0.2, -0.15) is 9.90 Å². The number of imide groups is 1. The molecule has 1 aliphatic rings. The van der Waals surface area contributed by atoms with E-state index in [4.69, 9.17) is 4.74 Å². The number of amides is 2. The van der Waals surface area contributed by atoms with E-state index in [1.165, 1.54) is 4.80 Å². The molecule has 0 atom stereocenters. The van der Waals surface area contributed by atoms with Crippen LogP contribution in [0.1, 0.15) is 27.3 Å². The molecular formula is C17H18N4O5. The summed E-state index contributed by atoms with van der Waals surface area (Å²) in [4.78, 5) is 37.7. The molecule has 136 valence electrons. The number of hydrogen-bond donors (Lipinski definition) is 0. The van der Waals surface area contributed by atoms with Crippen molar-refractivity contribution >= 4 is 18.0 Å². The Morgan fingerprint density at radius 3 is 2.65 bits per heavy atom. The maximum Gasteiger partial charge on any atom is 0.416 e. The van der Waals surface area contributed by atoms with E-state index in [-0.39, 0.29) is 18.8 Å². The van der Waals surface area contributed by atoms with Crippen molar-refractivity contribution < 1.29 is 23.9 Å². The predicted molar refractivity (Wildman–Crippen MR) is 88.9 cm³/mol. The molecule has 0 saturated carbocycles. The molecule has 1 fully saturated rings. The Morgan fingerprint density at radius 2 is 2.00 bits per heavy atom. The second-order valence-corrected chi connectivity index (χ2v) is 5.95. The van der Waals surface area contributed by atoms with Gasteiger partial charge in [-0.25, -0.2) is 14.5 Å². The van der Waals surface area contributed by atoms with Crippen molar-refractivity contribution in [2.75, 3.05) is 19.8 Å². The first-order valence-corrected chi connectivity index (χ1v) is 8.02. The molecule has 1 aliphatic heterocycles. The lowest BCUT2D eigenvalue weighted by Gasteiger charge is -2.10. The lowest BCUT2D eigenvalue weighted by molar-refractivity contribution is -0.131. The van der Waals surface area contributed by atoms with E-state index in [1.807, 2.05) is 32.0 Å². The van der Waals surface area contributed by atoms with E-state index in [0.717, 1.165) is 21.7 Å². The number of aromatic nitrogens is 3. The number of hydrogen-bond acceptors (Lipinski definition) is 7. The van der Waals surface area contributed by atoms with Crippen LogP contribution in [-0.4, -0.2) is 57.6 Å². The average molecular weight is 358 g/mol. The Hall–Kier alpha value is -3.23. The fourth-order valence-electron chi connectivity index (χ4n) is 2.60. The summed E-state index contributed by atoms with van der Waals surface area (Å²) < 4.78 is 9.65. The van der Waals surface area contributed by atoms with Crippen molar-refractivity contribution in [1.29, 1.82) is 0 Å². The van der Waals surface area contributed by atoms with Crippen LogP contribution in [0.4, 0.5) is 4.79 Å². The molecule has 0 unspecified atom stereocenters. The second-order valence-electron chi connectivity index (χ2n) is 5.95. The standard InChI is InChI=1S/C17H18N4O5/c1-10-4-5-13(11(2)8-10)21-18-12(3)15(19-21)16(23)26-9-14(22)20-6-7-25-17(20)24/h4-5,8H,6-7,9H2,1-3H3. The normalized spacial score (nSPS) is 13.7. The number of cyclic esters (lactones) is 1. The van der Waals surface area contributed by atoms with Gasteiger partial charge >= 0.3 is 12.1 Å². The average Bonchev–Trinajstić information content (AvgIpc) is 3.18. The first kappa shape index (κ1) is 17.6. The van der Waals surface area contributed by atoms with Crippen LogP contribution in [0.15, 0.2) is 18.2 Å². The first-order valence-electron chi connectivity index (χ1n) is 8.02. The van der Waals surface area contributed by atoms with Crippen LogP contribution in [0, 0.1) is 20.8 Å². The van der Waals surface area contributed by atoms with Gasteiger partial charge in [0.05, 0.1) is 17.9 Å². The lowest BCUT2D eigenvalue weighted by atomic mass is 10.1. The number of carbonyl (C=O) groups excluding carboxylic acids is 3. The van der Waals surface area contributed by atoms with E-state index >= 15 is 0 Å². The van der Waals surface area contributed by atoms with Crippen molar-refractivity contribution in [2.24, 2.45) is 0 Å². The van der Waals surface area contributed by atoms with E-state index in [2.05, 4.69) is 14.9 Å². The summed E-state index contributed by atoms with van der Waals surface area (Å²) in [6, 6.07) is 5.77. The largest absolute Gasteiger partial charge is 0.451 e. The summed E-state index contributed by atoms with van der Waals surface area (Å²) in [5.74, 6) is -1.42. The van der Waals surface area contributed by atoms with Gasteiger partial charge in [-0.1, -0.05) is 17.7 Å². The highest BCUT2D eigenvalue weighted by molar-refractivity contribution is 5.95. The zero-order valence-corrected chi connectivity index (χ0v) is 14.7. The zero-order valence-electron chi connectivity index (χ0n) is 14.7. The zero-order chi connectivity index (χ0) is 18.8. The highest BCUT2D eigenvalue weighted by Gasteiger charge is 2.29. The monoisotopic (exact) mass is 358 g/mol. The number of nitrogens with zero attached hydrogens (tertiary/aromatic N) is 4. The number of benzene rings is 1. The van der Waals surface area contributed by atoms with Crippen molar-refractivity contribution in [3.63, 3.8) is 0 Å². The minimum Gasteiger partial charge on any atom is -0.451 e. The third-order valence-electron chi connectivity index (χ3n) is 3.93. The molecule has 0 radical (unpaired) electrons. The molecule has 26 heavy (non-hydrogen) atoms. The highest BCUT2D eigenvalue weighted by atomic mass is 16.6. The molecule has 3 rings (SSSR count).